The number of ether oxygens (including phenoxy) is 1. The topological polar surface area (TPSA) is 58.9 Å². The quantitative estimate of drug-likeness (QED) is 0.480. The van der Waals surface area contributed by atoms with Gasteiger partial charge < -0.3 is 9.84 Å². The summed E-state index contributed by atoms with van der Waals surface area (Å²) in [6.45, 7) is 4.68. The lowest BCUT2D eigenvalue weighted by Gasteiger charge is -2.01. The van der Waals surface area contributed by atoms with Crippen LogP contribution < -0.4 is 0 Å². The number of carbonyl (C=O) groups is 1. The second-order valence-electron chi connectivity index (χ2n) is 2.25. The molecule has 4 nitrogen and oxygen atoms in total. The van der Waals surface area contributed by atoms with Crippen LogP contribution in [0.5, 0.6) is 0 Å². The highest BCUT2D eigenvalue weighted by molar-refractivity contribution is 5.76. The van der Waals surface area contributed by atoms with Gasteiger partial charge in [0.2, 0.25) is 0 Å². The number of rotatable bonds is 6. The average Bonchev–Trinajstić information content (AvgIpc) is 2.04. The molecule has 0 bridgehead atoms. The van der Waals surface area contributed by atoms with Gasteiger partial charge >= 0.3 is 5.97 Å². The molecule has 0 aliphatic rings. The number of carboxylic acid groups (broad SMARTS) is 1. The molecule has 0 radical (unpaired) electrons. The van der Waals surface area contributed by atoms with Crippen LogP contribution in [0.4, 0.5) is 0 Å². The van der Waals surface area contributed by atoms with E-state index in [2.05, 4.69) is 4.99 Å². The highest BCUT2D eigenvalue weighted by atomic mass is 16.5. The zero-order valence-corrected chi connectivity index (χ0v) is 7.49. The molecule has 12 heavy (non-hydrogen) atoms. The van der Waals surface area contributed by atoms with Gasteiger partial charge in [-0.3, -0.25) is 4.99 Å². The third kappa shape index (κ3) is 4.85. The Balaban J connectivity index is 3.69. The summed E-state index contributed by atoms with van der Waals surface area (Å²) in [6, 6.07) is -0.620. The molecule has 1 atom stereocenters. The van der Waals surface area contributed by atoms with Gasteiger partial charge in [-0.1, -0.05) is 6.92 Å². The minimum absolute atomic E-state index is 0.389. The number of hydrogen-bond donors (Lipinski definition) is 1. The number of aliphatic carboxylic acids is 1. The first-order valence-electron chi connectivity index (χ1n) is 4.04. The fourth-order valence-corrected chi connectivity index (χ4v) is 0.685. The first-order chi connectivity index (χ1) is 5.72. The van der Waals surface area contributed by atoms with Crippen LogP contribution in [0.2, 0.25) is 0 Å². The van der Waals surface area contributed by atoms with E-state index in [0.717, 1.165) is 0 Å². The maximum Gasteiger partial charge on any atom is 0.328 e. The van der Waals surface area contributed by atoms with Crippen LogP contribution in [-0.4, -0.2) is 36.5 Å². The lowest BCUT2D eigenvalue weighted by molar-refractivity contribution is -0.138. The van der Waals surface area contributed by atoms with Crippen molar-refractivity contribution in [2.45, 2.75) is 26.3 Å². The molecular weight excluding hydrogens is 158 g/mol. The van der Waals surface area contributed by atoms with E-state index in [-0.39, 0.29) is 0 Å². The van der Waals surface area contributed by atoms with Crippen molar-refractivity contribution in [1.82, 2.24) is 0 Å². The van der Waals surface area contributed by atoms with Crippen LogP contribution in [0.15, 0.2) is 4.99 Å². The van der Waals surface area contributed by atoms with Crippen molar-refractivity contribution in [2.75, 3.05) is 13.2 Å². The Hall–Kier alpha value is -0.900. The SMILES string of the molecule is CCOCC=NC(CC)C(=O)O. The van der Waals surface area contributed by atoms with Crippen molar-refractivity contribution in [3.05, 3.63) is 0 Å². The first kappa shape index (κ1) is 11.1. The number of nitrogens with zero attached hydrogens (tertiary/aromatic N) is 1. The lowest BCUT2D eigenvalue weighted by Crippen LogP contribution is -2.17. The van der Waals surface area contributed by atoms with Gasteiger partial charge in [-0.25, -0.2) is 4.79 Å². The van der Waals surface area contributed by atoms with E-state index < -0.39 is 12.0 Å². The standard InChI is InChI=1S/C8H15NO3/c1-3-7(8(10)11)9-5-6-12-4-2/h5,7H,3-4,6H2,1-2H3,(H,10,11). The Labute approximate surface area is 72.3 Å². The van der Waals surface area contributed by atoms with Crippen LogP contribution in [0, 0.1) is 0 Å². The summed E-state index contributed by atoms with van der Waals surface area (Å²) >= 11 is 0. The highest BCUT2D eigenvalue weighted by Crippen LogP contribution is 1.95. The summed E-state index contributed by atoms with van der Waals surface area (Å²) in [5.41, 5.74) is 0. The van der Waals surface area contributed by atoms with Crippen molar-refractivity contribution in [1.29, 1.82) is 0 Å². The minimum atomic E-state index is -0.884. The zero-order chi connectivity index (χ0) is 9.40. The van der Waals surface area contributed by atoms with Gasteiger partial charge in [0.1, 0.15) is 6.04 Å². The Morgan fingerprint density at radius 1 is 1.67 bits per heavy atom. The fraction of sp³-hybridized carbons (Fsp3) is 0.750. The molecular formula is C8H15NO3. The van der Waals surface area contributed by atoms with Gasteiger partial charge in [0.15, 0.2) is 0 Å². The summed E-state index contributed by atoms with van der Waals surface area (Å²) in [7, 11) is 0. The summed E-state index contributed by atoms with van der Waals surface area (Å²) in [5.74, 6) is -0.884. The molecule has 0 spiro atoms. The number of carboxylic acids is 1. The van der Waals surface area contributed by atoms with Crippen LogP contribution >= 0.6 is 0 Å². The molecule has 0 aliphatic carbocycles. The zero-order valence-electron chi connectivity index (χ0n) is 7.49. The fourth-order valence-electron chi connectivity index (χ4n) is 0.685. The predicted molar refractivity (Wildman–Crippen MR) is 46.7 cm³/mol. The first-order valence-corrected chi connectivity index (χ1v) is 4.04. The van der Waals surface area contributed by atoms with Gasteiger partial charge in [0.05, 0.1) is 6.61 Å². The van der Waals surface area contributed by atoms with E-state index in [1.54, 1.807) is 6.92 Å². The van der Waals surface area contributed by atoms with Gasteiger partial charge in [0.25, 0.3) is 0 Å². The van der Waals surface area contributed by atoms with Gasteiger partial charge in [-0.05, 0) is 13.3 Å². The van der Waals surface area contributed by atoms with Crippen LogP contribution in [-0.2, 0) is 9.53 Å². The number of hydrogen-bond acceptors (Lipinski definition) is 3. The molecule has 1 N–H and O–H groups in total. The monoisotopic (exact) mass is 173 g/mol. The largest absolute Gasteiger partial charge is 0.480 e. The van der Waals surface area contributed by atoms with Gasteiger partial charge in [-0.2, -0.15) is 0 Å². The number of aliphatic imine (C=N–C) groups is 1. The van der Waals surface area contributed by atoms with E-state index in [0.29, 0.717) is 19.6 Å². The second-order valence-corrected chi connectivity index (χ2v) is 2.25. The molecule has 0 fully saturated rings. The molecule has 1 unspecified atom stereocenters. The van der Waals surface area contributed by atoms with Crippen molar-refractivity contribution in [2.24, 2.45) is 4.99 Å². The Bertz CT molecular complexity index is 156. The molecule has 0 heterocycles. The summed E-state index contributed by atoms with van der Waals surface area (Å²) in [5, 5.41) is 8.58. The van der Waals surface area contributed by atoms with Gasteiger partial charge in [0, 0.05) is 12.8 Å². The molecule has 0 saturated carbocycles. The van der Waals surface area contributed by atoms with E-state index >= 15 is 0 Å². The molecule has 0 aromatic carbocycles. The molecule has 4 heteroatoms. The molecule has 0 amide bonds. The second kappa shape index (κ2) is 6.79. The average molecular weight is 173 g/mol. The van der Waals surface area contributed by atoms with Crippen molar-refractivity contribution in [3.8, 4) is 0 Å². The van der Waals surface area contributed by atoms with Crippen LogP contribution in [0.1, 0.15) is 20.3 Å². The Kier molecular flexibility index (Phi) is 6.28. The van der Waals surface area contributed by atoms with Crippen molar-refractivity contribution >= 4 is 12.2 Å². The maximum absolute atomic E-state index is 10.4. The van der Waals surface area contributed by atoms with Gasteiger partial charge in [-0.15, -0.1) is 0 Å². The molecule has 0 rings (SSSR count). The van der Waals surface area contributed by atoms with E-state index in [1.165, 1.54) is 6.21 Å². The predicted octanol–water partition coefficient (Wildman–Crippen LogP) is 0.957. The molecule has 0 saturated heterocycles. The molecule has 0 aromatic heterocycles. The maximum atomic E-state index is 10.4. The smallest absolute Gasteiger partial charge is 0.328 e. The van der Waals surface area contributed by atoms with E-state index in [9.17, 15) is 4.79 Å². The van der Waals surface area contributed by atoms with Crippen molar-refractivity contribution < 1.29 is 14.6 Å². The van der Waals surface area contributed by atoms with E-state index in [4.69, 9.17) is 9.84 Å². The molecule has 0 aromatic rings. The minimum Gasteiger partial charge on any atom is -0.480 e. The van der Waals surface area contributed by atoms with Crippen LogP contribution in [0.3, 0.4) is 0 Å². The van der Waals surface area contributed by atoms with Crippen molar-refractivity contribution in [3.63, 3.8) is 0 Å². The third-order valence-electron chi connectivity index (χ3n) is 1.35. The Morgan fingerprint density at radius 2 is 2.33 bits per heavy atom. The van der Waals surface area contributed by atoms with E-state index in [1.807, 2.05) is 6.92 Å². The summed E-state index contributed by atoms with van der Waals surface area (Å²) < 4.78 is 4.97. The normalized spacial score (nSPS) is 13.5. The lowest BCUT2D eigenvalue weighted by atomic mass is 10.2. The molecule has 70 valence electrons. The third-order valence-corrected chi connectivity index (χ3v) is 1.35. The summed E-state index contributed by atoms with van der Waals surface area (Å²) in [4.78, 5) is 14.3. The summed E-state index contributed by atoms with van der Waals surface area (Å²) in [6.07, 6.45) is 2.02. The van der Waals surface area contributed by atoms with Crippen LogP contribution in [0.25, 0.3) is 0 Å². The molecule has 0 aliphatic heterocycles. The highest BCUT2D eigenvalue weighted by Gasteiger charge is 2.10. The Morgan fingerprint density at radius 3 is 2.75 bits per heavy atom.